The van der Waals surface area contributed by atoms with Crippen molar-refractivity contribution in [2.45, 2.75) is 60.4 Å². The lowest BCUT2D eigenvalue weighted by Crippen LogP contribution is -2.36. The quantitative estimate of drug-likeness (QED) is 0.670. The third-order valence-electron chi connectivity index (χ3n) is 3.95. The Morgan fingerprint density at radius 2 is 1.81 bits per heavy atom. The second kappa shape index (κ2) is 16.7. The summed E-state index contributed by atoms with van der Waals surface area (Å²) in [6.07, 6.45) is 4.34. The molecule has 0 saturated carbocycles. The van der Waals surface area contributed by atoms with Crippen molar-refractivity contribution < 1.29 is 5.11 Å². The van der Waals surface area contributed by atoms with E-state index in [1.165, 1.54) is 23.8 Å². The number of para-hydroxylation sites is 1. The number of aliphatic hydroxyl groups excluding tert-OH is 1. The SMILES string of the molecule is CC.CCCCN(CCO)CCNC(C)C.Cc1cnc2ccccc2c1. The molecule has 1 heterocycles. The Labute approximate surface area is 167 Å². The van der Waals surface area contributed by atoms with E-state index in [0.717, 1.165) is 31.7 Å². The molecule has 0 atom stereocenters. The van der Waals surface area contributed by atoms with E-state index in [2.05, 4.69) is 55.0 Å². The van der Waals surface area contributed by atoms with Crippen LogP contribution in [0, 0.1) is 6.92 Å². The molecule has 1 aromatic heterocycles. The highest BCUT2D eigenvalue weighted by atomic mass is 16.3. The van der Waals surface area contributed by atoms with Gasteiger partial charge in [0, 0.05) is 37.3 Å². The number of aryl methyl sites for hydroxylation is 1. The van der Waals surface area contributed by atoms with Crippen molar-refractivity contribution in [2.24, 2.45) is 0 Å². The van der Waals surface area contributed by atoms with Crippen LogP contribution in [0.4, 0.5) is 0 Å². The predicted molar refractivity (Wildman–Crippen MR) is 119 cm³/mol. The van der Waals surface area contributed by atoms with Gasteiger partial charge in [-0.25, -0.2) is 0 Å². The van der Waals surface area contributed by atoms with E-state index in [1.54, 1.807) is 0 Å². The zero-order valence-corrected chi connectivity index (χ0v) is 18.3. The molecule has 2 rings (SSSR count). The first kappa shape index (κ1) is 25.5. The van der Waals surface area contributed by atoms with E-state index in [-0.39, 0.29) is 6.61 Å². The number of unbranched alkanes of at least 4 members (excludes halogenated alkanes) is 1. The minimum Gasteiger partial charge on any atom is -0.395 e. The lowest BCUT2D eigenvalue weighted by atomic mass is 10.2. The number of fused-ring (bicyclic) bond motifs is 1. The van der Waals surface area contributed by atoms with Gasteiger partial charge < -0.3 is 10.4 Å². The molecule has 1 aromatic carbocycles. The highest BCUT2D eigenvalue weighted by Gasteiger charge is 2.03. The van der Waals surface area contributed by atoms with Gasteiger partial charge in [-0.05, 0) is 37.6 Å². The molecule has 0 aliphatic heterocycles. The Morgan fingerprint density at radius 1 is 1.11 bits per heavy atom. The highest BCUT2D eigenvalue weighted by molar-refractivity contribution is 5.78. The molecule has 0 unspecified atom stereocenters. The van der Waals surface area contributed by atoms with Gasteiger partial charge >= 0.3 is 0 Å². The van der Waals surface area contributed by atoms with Crippen LogP contribution in [0.1, 0.15) is 53.0 Å². The zero-order valence-electron chi connectivity index (χ0n) is 18.3. The molecule has 2 aromatic rings. The maximum Gasteiger partial charge on any atom is 0.0702 e. The maximum atomic E-state index is 8.88. The molecule has 0 amide bonds. The van der Waals surface area contributed by atoms with Crippen LogP contribution in [-0.2, 0) is 0 Å². The van der Waals surface area contributed by atoms with E-state index in [9.17, 15) is 0 Å². The van der Waals surface area contributed by atoms with Crippen molar-refractivity contribution >= 4 is 10.9 Å². The van der Waals surface area contributed by atoms with Gasteiger partial charge in [-0.1, -0.05) is 59.2 Å². The summed E-state index contributed by atoms with van der Waals surface area (Å²) in [5.74, 6) is 0. The largest absolute Gasteiger partial charge is 0.395 e. The van der Waals surface area contributed by atoms with E-state index < -0.39 is 0 Å². The van der Waals surface area contributed by atoms with Gasteiger partial charge in [0.25, 0.3) is 0 Å². The van der Waals surface area contributed by atoms with Gasteiger partial charge in [-0.15, -0.1) is 0 Å². The van der Waals surface area contributed by atoms with Gasteiger partial charge in [0.05, 0.1) is 12.1 Å². The van der Waals surface area contributed by atoms with Crippen molar-refractivity contribution in [2.75, 3.05) is 32.8 Å². The molecule has 4 heteroatoms. The monoisotopic (exact) mass is 375 g/mol. The number of aliphatic hydroxyl groups is 1. The third-order valence-corrected chi connectivity index (χ3v) is 3.95. The second-order valence-electron chi connectivity index (χ2n) is 6.73. The van der Waals surface area contributed by atoms with Gasteiger partial charge in [0.15, 0.2) is 0 Å². The first-order valence-electron chi connectivity index (χ1n) is 10.4. The average Bonchev–Trinajstić information content (AvgIpc) is 2.68. The number of hydrogen-bond donors (Lipinski definition) is 2. The van der Waals surface area contributed by atoms with Gasteiger partial charge in [0.1, 0.15) is 0 Å². The summed E-state index contributed by atoms with van der Waals surface area (Å²) in [4.78, 5) is 6.60. The molecule has 27 heavy (non-hydrogen) atoms. The first-order valence-corrected chi connectivity index (χ1v) is 10.4. The molecule has 0 aliphatic rings. The number of nitrogens with one attached hydrogen (secondary N) is 1. The lowest BCUT2D eigenvalue weighted by molar-refractivity contribution is 0.193. The fourth-order valence-corrected chi connectivity index (χ4v) is 2.55. The smallest absolute Gasteiger partial charge is 0.0702 e. The Bertz CT molecular complexity index is 587. The summed E-state index contributed by atoms with van der Waals surface area (Å²) < 4.78 is 0. The van der Waals surface area contributed by atoms with Crippen molar-refractivity contribution in [3.05, 3.63) is 42.1 Å². The lowest BCUT2D eigenvalue weighted by Gasteiger charge is -2.21. The van der Waals surface area contributed by atoms with E-state index in [4.69, 9.17) is 5.11 Å². The standard InChI is InChI=1S/C11H26N2O.C10H9N.C2H6/c1-4-5-7-13(9-10-14)8-6-12-11(2)3;1-8-6-9-4-2-3-5-10(9)11-7-8;1-2/h11-12,14H,4-10H2,1-3H3;2-7H,1H3;1-2H3. The summed E-state index contributed by atoms with van der Waals surface area (Å²) in [5.41, 5.74) is 2.28. The normalized spacial score (nSPS) is 10.4. The van der Waals surface area contributed by atoms with Gasteiger partial charge in [0.2, 0.25) is 0 Å². The van der Waals surface area contributed by atoms with Gasteiger partial charge in [-0.2, -0.15) is 0 Å². The van der Waals surface area contributed by atoms with Crippen LogP contribution in [0.3, 0.4) is 0 Å². The number of benzene rings is 1. The fraction of sp³-hybridized carbons (Fsp3) is 0.609. The molecule has 4 nitrogen and oxygen atoms in total. The Morgan fingerprint density at radius 3 is 2.44 bits per heavy atom. The Hall–Kier alpha value is -1.49. The molecule has 0 radical (unpaired) electrons. The number of rotatable bonds is 9. The molecule has 0 bridgehead atoms. The van der Waals surface area contributed by atoms with E-state index >= 15 is 0 Å². The minimum atomic E-state index is 0.269. The second-order valence-corrected chi connectivity index (χ2v) is 6.73. The molecule has 2 N–H and O–H groups in total. The van der Waals surface area contributed by atoms with Crippen molar-refractivity contribution in [3.63, 3.8) is 0 Å². The molecule has 0 saturated heterocycles. The van der Waals surface area contributed by atoms with Crippen LogP contribution >= 0.6 is 0 Å². The highest BCUT2D eigenvalue weighted by Crippen LogP contribution is 2.11. The molecular weight excluding hydrogens is 334 g/mol. The summed E-state index contributed by atoms with van der Waals surface area (Å²) in [6.45, 7) is 16.8. The number of aromatic nitrogens is 1. The Kier molecular flexibility index (Phi) is 15.7. The number of nitrogens with zero attached hydrogens (tertiary/aromatic N) is 2. The number of pyridine rings is 1. The van der Waals surface area contributed by atoms with Crippen LogP contribution in [0.2, 0.25) is 0 Å². The molecule has 0 spiro atoms. The molecule has 0 fully saturated rings. The summed E-state index contributed by atoms with van der Waals surface area (Å²) in [7, 11) is 0. The average molecular weight is 376 g/mol. The minimum absolute atomic E-state index is 0.269. The van der Waals surface area contributed by atoms with Crippen molar-refractivity contribution in [1.82, 2.24) is 15.2 Å². The van der Waals surface area contributed by atoms with Crippen LogP contribution < -0.4 is 5.32 Å². The first-order chi connectivity index (χ1) is 13.1. The van der Waals surface area contributed by atoms with Crippen molar-refractivity contribution in [3.8, 4) is 0 Å². The molecule has 154 valence electrons. The van der Waals surface area contributed by atoms with Gasteiger partial charge in [-0.3, -0.25) is 9.88 Å². The van der Waals surface area contributed by atoms with E-state index in [0.29, 0.717) is 6.04 Å². The third kappa shape index (κ3) is 12.5. The fourth-order valence-electron chi connectivity index (χ4n) is 2.55. The molecule has 0 aliphatic carbocycles. The summed E-state index contributed by atoms with van der Waals surface area (Å²) in [5, 5.41) is 13.5. The van der Waals surface area contributed by atoms with Crippen LogP contribution in [-0.4, -0.2) is 53.8 Å². The maximum absolute atomic E-state index is 8.88. The van der Waals surface area contributed by atoms with Crippen LogP contribution in [0.15, 0.2) is 36.5 Å². The summed E-state index contributed by atoms with van der Waals surface area (Å²) in [6, 6.07) is 10.8. The predicted octanol–water partition coefficient (Wildman–Crippen LogP) is 4.65. The summed E-state index contributed by atoms with van der Waals surface area (Å²) >= 11 is 0. The molecular formula is C23H41N3O. The van der Waals surface area contributed by atoms with Crippen LogP contribution in [0.5, 0.6) is 0 Å². The Balaban J connectivity index is 0.000000465. The van der Waals surface area contributed by atoms with Crippen LogP contribution in [0.25, 0.3) is 10.9 Å². The van der Waals surface area contributed by atoms with E-state index in [1.807, 2.05) is 38.2 Å². The van der Waals surface area contributed by atoms with Crippen molar-refractivity contribution in [1.29, 1.82) is 0 Å². The zero-order chi connectivity index (χ0) is 20.5. The topological polar surface area (TPSA) is 48.4 Å². The number of hydrogen-bond acceptors (Lipinski definition) is 4.